The van der Waals surface area contributed by atoms with Crippen molar-refractivity contribution in [2.75, 3.05) is 19.7 Å². The summed E-state index contributed by atoms with van der Waals surface area (Å²) >= 11 is 0. The number of hydrogen-bond donors (Lipinski definition) is 1. The van der Waals surface area contributed by atoms with E-state index >= 15 is 0 Å². The Morgan fingerprint density at radius 3 is 2.65 bits per heavy atom. The van der Waals surface area contributed by atoms with Crippen molar-refractivity contribution in [3.05, 3.63) is 29.8 Å². The van der Waals surface area contributed by atoms with E-state index in [9.17, 15) is 18.0 Å². The van der Waals surface area contributed by atoms with Crippen LogP contribution in [0.5, 0.6) is 0 Å². The van der Waals surface area contributed by atoms with Gasteiger partial charge in [-0.1, -0.05) is 12.1 Å². The van der Waals surface area contributed by atoms with Crippen molar-refractivity contribution in [2.45, 2.75) is 31.2 Å². The summed E-state index contributed by atoms with van der Waals surface area (Å²) in [4.78, 5) is 24.5. The van der Waals surface area contributed by atoms with Gasteiger partial charge in [0.2, 0.25) is 10.0 Å². The van der Waals surface area contributed by atoms with Crippen LogP contribution in [0.1, 0.15) is 31.1 Å². The number of nitrogens with one attached hydrogen (secondary N) is 1. The number of rotatable bonds is 6. The first-order chi connectivity index (χ1) is 10.6. The first-order valence-electron chi connectivity index (χ1n) is 7.18. The summed E-state index contributed by atoms with van der Waals surface area (Å²) in [5, 5.41) is 0. The smallest absolute Gasteiger partial charge is 0.410 e. The zero-order valence-electron chi connectivity index (χ0n) is 13.3. The zero-order valence-corrected chi connectivity index (χ0v) is 14.1. The molecule has 0 aromatic heterocycles. The number of hydrogen-bond acceptors (Lipinski definition) is 5. The highest BCUT2D eigenvalue weighted by molar-refractivity contribution is 7.89. The standard InChI is InChI=1S/C15H20N2O5S/c1-11(18)12-5-4-6-13(9-12)23(20,21)16-10-15(2,3)17-7-8-22-14(17)19/h4-6,9,16H,7-8,10H2,1-3H3. The Hall–Kier alpha value is -1.93. The quantitative estimate of drug-likeness (QED) is 0.790. The van der Waals surface area contributed by atoms with Crippen molar-refractivity contribution in [1.29, 1.82) is 0 Å². The number of ether oxygens (including phenoxy) is 1. The van der Waals surface area contributed by atoms with Gasteiger partial charge < -0.3 is 4.74 Å². The molecule has 1 aromatic rings. The maximum absolute atomic E-state index is 12.4. The first-order valence-corrected chi connectivity index (χ1v) is 8.67. The number of carbonyl (C=O) groups excluding carboxylic acids is 2. The molecule has 1 saturated heterocycles. The minimum atomic E-state index is -3.78. The van der Waals surface area contributed by atoms with E-state index < -0.39 is 21.7 Å². The van der Waals surface area contributed by atoms with Crippen LogP contribution < -0.4 is 4.72 Å². The molecule has 0 bridgehead atoms. The number of cyclic esters (lactones) is 1. The summed E-state index contributed by atoms with van der Waals surface area (Å²) < 4.78 is 32.2. The third-order valence-corrected chi connectivity index (χ3v) is 5.14. The second-order valence-electron chi connectivity index (χ2n) is 5.99. The van der Waals surface area contributed by atoms with Crippen molar-refractivity contribution >= 4 is 21.9 Å². The van der Waals surface area contributed by atoms with E-state index in [1.165, 1.54) is 30.0 Å². The number of carbonyl (C=O) groups is 2. The van der Waals surface area contributed by atoms with Crippen LogP contribution in [-0.2, 0) is 14.8 Å². The molecule has 1 aliphatic heterocycles. The SMILES string of the molecule is CC(=O)c1cccc(S(=O)(=O)NCC(C)(C)N2CCOC2=O)c1. The van der Waals surface area contributed by atoms with Gasteiger partial charge in [-0.15, -0.1) is 0 Å². The lowest BCUT2D eigenvalue weighted by Gasteiger charge is -2.33. The van der Waals surface area contributed by atoms with Crippen molar-refractivity contribution in [3.8, 4) is 0 Å². The number of amides is 1. The van der Waals surface area contributed by atoms with Gasteiger partial charge in [0.1, 0.15) is 6.61 Å². The Morgan fingerprint density at radius 1 is 1.39 bits per heavy atom. The van der Waals surface area contributed by atoms with Crippen LogP contribution in [0.2, 0.25) is 0 Å². The lowest BCUT2D eigenvalue weighted by atomic mass is 10.0. The van der Waals surface area contributed by atoms with Crippen LogP contribution in [0, 0.1) is 0 Å². The minimum Gasteiger partial charge on any atom is -0.448 e. The van der Waals surface area contributed by atoms with Crippen LogP contribution in [0.3, 0.4) is 0 Å². The average molecular weight is 340 g/mol. The van der Waals surface area contributed by atoms with Crippen molar-refractivity contribution in [2.24, 2.45) is 0 Å². The fourth-order valence-corrected chi connectivity index (χ4v) is 3.53. The summed E-state index contributed by atoms with van der Waals surface area (Å²) in [5.74, 6) is -0.206. The second-order valence-corrected chi connectivity index (χ2v) is 7.75. The Balaban J connectivity index is 2.14. The Labute approximate surface area is 135 Å². The third-order valence-electron chi connectivity index (χ3n) is 3.74. The molecule has 0 atom stereocenters. The van der Waals surface area contributed by atoms with Crippen molar-refractivity contribution in [1.82, 2.24) is 9.62 Å². The molecule has 23 heavy (non-hydrogen) atoms. The first kappa shape index (κ1) is 17.4. The summed E-state index contributed by atoms with van der Waals surface area (Å²) in [7, 11) is -3.78. The number of ketones is 1. The number of benzene rings is 1. The van der Waals surface area contributed by atoms with Gasteiger partial charge in [-0.05, 0) is 32.9 Å². The number of nitrogens with zero attached hydrogens (tertiary/aromatic N) is 1. The van der Waals surface area contributed by atoms with Crippen molar-refractivity contribution < 1.29 is 22.7 Å². The number of Topliss-reactive ketones (excluding diaryl/α,β-unsaturated/α-hetero) is 1. The normalized spacial score (nSPS) is 15.6. The van der Waals surface area contributed by atoms with E-state index in [2.05, 4.69) is 4.72 Å². The van der Waals surface area contributed by atoms with Crippen LogP contribution in [0.15, 0.2) is 29.2 Å². The highest BCUT2D eigenvalue weighted by atomic mass is 32.2. The third kappa shape index (κ3) is 3.89. The largest absolute Gasteiger partial charge is 0.448 e. The molecule has 1 amide bonds. The molecule has 1 aliphatic rings. The van der Waals surface area contributed by atoms with Crippen LogP contribution in [0.4, 0.5) is 4.79 Å². The molecule has 1 N–H and O–H groups in total. The predicted molar refractivity (Wildman–Crippen MR) is 83.8 cm³/mol. The molecule has 0 aliphatic carbocycles. The maximum atomic E-state index is 12.4. The summed E-state index contributed by atoms with van der Waals surface area (Å²) in [6.07, 6.45) is -0.451. The molecule has 1 aromatic carbocycles. The molecule has 1 fully saturated rings. The topological polar surface area (TPSA) is 92.8 Å². The van der Waals surface area contributed by atoms with Gasteiger partial charge in [0.05, 0.1) is 17.0 Å². The second kappa shape index (κ2) is 6.29. The molecule has 0 unspecified atom stereocenters. The summed E-state index contributed by atoms with van der Waals surface area (Å²) in [5.41, 5.74) is -0.394. The van der Waals surface area contributed by atoms with Crippen molar-refractivity contribution in [3.63, 3.8) is 0 Å². The molecule has 0 saturated carbocycles. The maximum Gasteiger partial charge on any atom is 0.410 e. The fourth-order valence-electron chi connectivity index (χ4n) is 2.28. The average Bonchev–Trinajstić information content (AvgIpc) is 2.93. The van der Waals surface area contributed by atoms with E-state index in [0.29, 0.717) is 18.7 Å². The molecule has 0 radical (unpaired) electrons. The molecule has 2 rings (SSSR count). The summed E-state index contributed by atoms with van der Waals surface area (Å²) in [6.45, 7) is 5.65. The van der Waals surface area contributed by atoms with Gasteiger partial charge in [-0.25, -0.2) is 17.9 Å². The van der Waals surface area contributed by atoms with E-state index in [1.807, 2.05) is 0 Å². The Morgan fingerprint density at radius 2 is 2.09 bits per heavy atom. The van der Waals surface area contributed by atoms with Crippen LogP contribution >= 0.6 is 0 Å². The molecule has 0 spiro atoms. The van der Waals surface area contributed by atoms with Crippen LogP contribution in [-0.4, -0.2) is 50.4 Å². The number of sulfonamides is 1. The zero-order chi connectivity index (χ0) is 17.3. The molecular weight excluding hydrogens is 320 g/mol. The van der Waals surface area contributed by atoms with Gasteiger partial charge >= 0.3 is 6.09 Å². The van der Waals surface area contributed by atoms with Crippen LogP contribution in [0.25, 0.3) is 0 Å². The van der Waals surface area contributed by atoms with Gasteiger partial charge in [0.25, 0.3) is 0 Å². The lowest BCUT2D eigenvalue weighted by molar-refractivity contribution is 0.101. The van der Waals surface area contributed by atoms with E-state index in [0.717, 1.165) is 0 Å². The van der Waals surface area contributed by atoms with Gasteiger partial charge in [0.15, 0.2) is 5.78 Å². The fraction of sp³-hybridized carbons (Fsp3) is 0.467. The predicted octanol–water partition coefficient (Wildman–Crippen LogP) is 1.40. The Bertz CT molecular complexity index is 727. The highest BCUT2D eigenvalue weighted by Gasteiger charge is 2.36. The minimum absolute atomic E-state index is 0.0185. The molecule has 8 heteroatoms. The van der Waals surface area contributed by atoms with E-state index in [4.69, 9.17) is 4.74 Å². The molecule has 126 valence electrons. The van der Waals surface area contributed by atoms with Gasteiger partial charge in [-0.2, -0.15) is 0 Å². The molecule has 7 nitrogen and oxygen atoms in total. The van der Waals surface area contributed by atoms with E-state index in [1.54, 1.807) is 19.9 Å². The Kier molecular flexibility index (Phi) is 4.76. The molecular formula is C15H20N2O5S. The lowest BCUT2D eigenvalue weighted by Crippen LogP contribution is -2.52. The van der Waals surface area contributed by atoms with E-state index in [-0.39, 0.29) is 17.2 Å². The molecule has 1 heterocycles. The monoisotopic (exact) mass is 340 g/mol. The summed E-state index contributed by atoms with van der Waals surface area (Å²) in [6, 6.07) is 5.84. The van der Waals surface area contributed by atoms with Gasteiger partial charge in [0, 0.05) is 12.1 Å². The highest BCUT2D eigenvalue weighted by Crippen LogP contribution is 2.20. The van der Waals surface area contributed by atoms with Gasteiger partial charge in [-0.3, -0.25) is 9.69 Å².